The molecular weight excluding hydrogens is 1480 g/mol. The SMILES string of the molecule is CCCCCCCCCC(=O)OCCSP(=O)(O)OC[C@H]1O[C@@H](n2cnc3c(N)ncnc32)C(OP(=O)(O)OC[C@H]2O[C@@H](n3cnc4c(N)ncnc43)C(OP(=O)(O)OC[C@]34CCCOC3C(OP(=O)(O)SCCOC(=O)CCCCCCCCC)[C@H](n3cnc5c(N)ncnc53)O4)C2O)C1OC. The van der Waals surface area contributed by atoms with Crippen LogP contribution in [0.3, 0.4) is 0 Å². The third-order valence-electron chi connectivity index (χ3n) is 17.6. The van der Waals surface area contributed by atoms with Gasteiger partial charge in [-0.3, -0.25) is 50.4 Å². The van der Waals surface area contributed by atoms with E-state index in [4.69, 9.17) is 77.5 Å². The lowest BCUT2D eigenvalue weighted by Gasteiger charge is -2.38. The fourth-order valence-electron chi connectivity index (χ4n) is 12.5. The van der Waals surface area contributed by atoms with Crippen LogP contribution >= 0.6 is 52.0 Å². The molecule has 4 saturated heterocycles. The summed E-state index contributed by atoms with van der Waals surface area (Å²) in [6.07, 6.45) is 4.19. The minimum atomic E-state index is -5.54. The number of unbranched alkanes of at least 4 members (excludes halogenated alkanes) is 12. The fourth-order valence-corrected chi connectivity index (χ4v) is 18.9. The molecule has 0 saturated carbocycles. The Kier molecular flexibility index (Phi) is 28.7. The Morgan fingerprint density at radius 1 is 0.563 bits per heavy atom. The second kappa shape index (κ2) is 36.7. The third-order valence-corrected chi connectivity index (χ3v) is 25.5. The van der Waals surface area contributed by atoms with Gasteiger partial charge < -0.3 is 75.0 Å². The molecule has 10 rings (SSSR count). The van der Waals surface area contributed by atoms with E-state index in [9.17, 15) is 52.5 Å². The average molecular weight is 1570 g/mol. The topological polar surface area (TPSA) is 532 Å². The van der Waals surface area contributed by atoms with Crippen molar-refractivity contribution in [2.45, 2.75) is 203 Å². The first-order valence-corrected chi connectivity index (χ1v) is 43.2. The predicted molar refractivity (Wildman–Crippen MR) is 369 cm³/mol. The number of phosphoric ester groups is 2. The summed E-state index contributed by atoms with van der Waals surface area (Å²) in [7, 11) is -9.80. The van der Waals surface area contributed by atoms with Crippen molar-refractivity contribution in [2.24, 2.45) is 0 Å². The molecule has 11 N–H and O–H groups in total. The van der Waals surface area contributed by atoms with Gasteiger partial charge in [-0.15, -0.1) is 0 Å². The van der Waals surface area contributed by atoms with Gasteiger partial charge >= 0.3 is 41.2 Å². The number of esters is 2. The third kappa shape index (κ3) is 20.8. The second-order valence-corrected chi connectivity index (χ2v) is 35.6. The van der Waals surface area contributed by atoms with Gasteiger partial charge in [0.05, 0.1) is 38.8 Å². The van der Waals surface area contributed by atoms with Crippen molar-refractivity contribution >= 4 is 115 Å². The highest BCUT2D eigenvalue weighted by Crippen LogP contribution is 2.62. The Morgan fingerprint density at radius 2 is 1.02 bits per heavy atom. The zero-order chi connectivity index (χ0) is 73.5. The summed E-state index contributed by atoms with van der Waals surface area (Å²) >= 11 is 0.987. The molecule has 0 bridgehead atoms. The molecule has 16 atom stereocenters. The second-order valence-electron chi connectivity index (χ2n) is 24.8. The molecule has 10 heterocycles. The van der Waals surface area contributed by atoms with Crippen LogP contribution in [0.15, 0.2) is 38.0 Å². The molecule has 4 fully saturated rings. The van der Waals surface area contributed by atoms with Gasteiger partial charge in [0.25, 0.3) is 0 Å². The number of methoxy groups -OCH3 is 1. The highest BCUT2D eigenvalue weighted by Gasteiger charge is 2.62. The summed E-state index contributed by atoms with van der Waals surface area (Å²) in [6, 6.07) is 0. The number of phosphoric acid groups is 2. The first-order valence-electron chi connectivity index (χ1n) is 33.9. The number of aliphatic hydroxyl groups excluding tert-OH is 1. The molecule has 6 aromatic heterocycles. The number of nitrogens with zero attached hydrogens (tertiary/aromatic N) is 12. The number of aromatic nitrogens is 12. The maximum absolute atomic E-state index is 14.6. The number of hydrogen-bond acceptors (Lipinski definition) is 34. The maximum Gasteiger partial charge on any atom is 0.472 e. The number of carbonyl (C=O) groups excluding carboxylic acids is 2. The summed E-state index contributed by atoms with van der Waals surface area (Å²) in [6.45, 7) is -7.82. The Bertz CT molecular complexity index is 4010. The van der Waals surface area contributed by atoms with Crippen LogP contribution in [0.25, 0.3) is 33.5 Å². The van der Waals surface area contributed by atoms with Gasteiger partial charge in [-0.05, 0) is 48.4 Å². The molecule has 4 aliphatic rings. The van der Waals surface area contributed by atoms with Gasteiger partial charge in [0, 0.05) is 38.1 Å². The van der Waals surface area contributed by atoms with Crippen molar-refractivity contribution in [3.8, 4) is 0 Å². The van der Waals surface area contributed by atoms with Gasteiger partial charge in [-0.25, -0.2) is 63.1 Å². The average Bonchev–Trinajstić information content (AvgIpc) is 1.58. The Labute approximate surface area is 599 Å². The Balaban J connectivity index is 0.820. The van der Waals surface area contributed by atoms with Crippen molar-refractivity contribution in [3.05, 3.63) is 38.0 Å². The van der Waals surface area contributed by atoms with Crippen molar-refractivity contribution in [2.75, 3.05) is 75.5 Å². The lowest BCUT2D eigenvalue weighted by molar-refractivity contribution is -0.165. The summed E-state index contributed by atoms with van der Waals surface area (Å²) < 4.78 is 137. The minimum Gasteiger partial charge on any atom is -0.465 e. The number of rotatable bonds is 43. The molecule has 0 amide bonds. The first kappa shape index (κ1) is 80.5. The molecule has 0 aromatic carbocycles. The smallest absolute Gasteiger partial charge is 0.465 e. The van der Waals surface area contributed by atoms with E-state index in [2.05, 4.69) is 58.7 Å². The number of nitrogens with two attached hydrogens (primary N) is 3. The van der Waals surface area contributed by atoms with Crippen molar-refractivity contribution in [1.29, 1.82) is 0 Å². The Hall–Kier alpha value is -5.03. The first-order chi connectivity index (χ1) is 49.4. The van der Waals surface area contributed by atoms with Crippen LogP contribution in [0.5, 0.6) is 0 Å². The van der Waals surface area contributed by atoms with Crippen molar-refractivity contribution in [3.63, 3.8) is 0 Å². The molecule has 45 heteroatoms. The lowest BCUT2D eigenvalue weighted by atomic mass is 9.89. The Morgan fingerprint density at radius 3 is 1.54 bits per heavy atom. The zero-order valence-corrected chi connectivity index (χ0v) is 62.1. The molecule has 0 radical (unpaired) electrons. The van der Waals surface area contributed by atoms with E-state index in [1.165, 1.54) is 33.5 Å². The molecule has 572 valence electrons. The minimum absolute atomic E-state index is 0.0112. The van der Waals surface area contributed by atoms with Crippen LogP contribution in [-0.4, -0.2) is 208 Å². The van der Waals surface area contributed by atoms with E-state index >= 15 is 0 Å². The van der Waals surface area contributed by atoms with E-state index < -0.39 is 134 Å². The molecule has 103 heavy (non-hydrogen) atoms. The maximum atomic E-state index is 14.6. The summed E-state index contributed by atoms with van der Waals surface area (Å²) in [5, 5.41) is 12.2. The molecule has 6 aromatic rings. The van der Waals surface area contributed by atoms with Gasteiger partial charge in [-0.2, -0.15) is 0 Å². The van der Waals surface area contributed by atoms with Crippen LogP contribution in [0, 0.1) is 0 Å². The van der Waals surface area contributed by atoms with E-state index in [-0.39, 0.29) is 108 Å². The van der Waals surface area contributed by atoms with Crippen molar-refractivity contribution in [1.82, 2.24) is 58.6 Å². The van der Waals surface area contributed by atoms with Crippen LogP contribution < -0.4 is 17.2 Å². The molecule has 0 spiro atoms. The summed E-state index contributed by atoms with van der Waals surface area (Å²) in [5.74, 6) is -1.28. The molecule has 10 unspecified atom stereocenters. The van der Waals surface area contributed by atoms with Crippen molar-refractivity contribution < 1.29 is 113 Å². The zero-order valence-electron chi connectivity index (χ0n) is 56.9. The normalized spacial score (nSPS) is 26.7. The number of imidazole rings is 3. The van der Waals surface area contributed by atoms with Gasteiger partial charge in [0.2, 0.25) is 0 Å². The van der Waals surface area contributed by atoms with E-state index in [1.54, 1.807) is 0 Å². The predicted octanol–water partition coefficient (Wildman–Crippen LogP) is 7.31. The fraction of sp³-hybridized carbons (Fsp3) is 0.707. The van der Waals surface area contributed by atoms with Gasteiger partial charge in [-0.1, -0.05) is 90.9 Å². The van der Waals surface area contributed by atoms with Crippen LogP contribution in [0.4, 0.5) is 17.5 Å². The van der Waals surface area contributed by atoms with Crippen LogP contribution in [0.1, 0.15) is 148 Å². The highest BCUT2D eigenvalue weighted by molar-refractivity contribution is 8.55. The monoisotopic (exact) mass is 1570 g/mol. The molecule has 4 aliphatic heterocycles. The van der Waals surface area contributed by atoms with Gasteiger partial charge in [0.1, 0.15) is 103 Å². The molecule has 0 aliphatic carbocycles. The van der Waals surface area contributed by atoms with Gasteiger partial charge in [0.15, 0.2) is 53.1 Å². The highest BCUT2D eigenvalue weighted by atomic mass is 32.7. The number of hydrogen-bond donors (Lipinski definition) is 8. The number of anilines is 3. The number of nitrogen functional groups attached to an aromatic ring is 3. The quantitative estimate of drug-likeness (QED) is 0.0106. The number of carbonyl (C=O) groups is 2. The molecular formula is C58H89N15O24P4S2. The van der Waals surface area contributed by atoms with Crippen LogP contribution in [0.2, 0.25) is 0 Å². The van der Waals surface area contributed by atoms with E-state index in [1.807, 2.05) is 0 Å². The standard InChI is InChI=1S/C58H89N15O24P4S2/c1-4-6-8-10-12-14-16-19-38(74)86-23-25-102-100(81,82)90-28-37-44(85-3)46(56(93-37)72-34-69-41-50(60)63-31-66-53(41)72)96-98(77,78)89-27-36-43(76)45(55(92-36)71-33-68-40-49(59)62-30-65-52(40)71)95-99(79,80)91-29-58-21-18-22-88-48(58)47(57(94-58)73-35-70-42-51(61)64-32-67-54(42)73)97-101(83,84)103-26-24-87-39(75)20-17-15-13-11-9-7-5-2/h30-37,43-48,55-57,76H,4-29H2,1-3H3,(H,77,78)(H,79,80)(H,81,82)(H,83,84)(H2,59,62,65)(H2,60,63,66)(H2,61,64,67)/t36-,37-,43?,44?,45?,46?,47?,48?,55-,56-,57-,58-/m1/s1. The number of aliphatic hydroxyl groups is 1. The number of fused-ring (bicyclic) bond motifs is 4. The lowest BCUT2D eigenvalue weighted by Crippen LogP contribution is -2.51. The largest absolute Gasteiger partial charge is 0.472 e. The summed E-state index contributed by atoms with van der Waals surface area (Å²) in [5.41, 5.74) is 17.0. The molecule has 39 nitrogen and oxygen atoms in total. The van der Waals surface area contributed by atoms with E-state index in [0.717, 1.165) is 102 Å². The van der Waals surface area contributed by atoms with Crippen LogP contribution in [-0.2, 0) is 88.1 Å². The van der Waals surface area contributed by atoms with E-state index in [0.29, 0.717) is 35.6 Å². The summed E-state index contributed by atoms with van der Waals surface area (Å²) in [4.78, 5) is 108. The number of ether oxygens (including phenoxy) is 7.